The third-order valence-corrected chi connectivity index (χ3v) is 12.9. The summed E-state index contributed by atoms with van der Waals surface area (Å²) in [6, 6.07) is -7.63. The monoisotopic (exact) mass is 1080 g/mol. The first-order chi connectivity index (χ1) is 36.3. The standard InChI is InChI=1S/C50H77N13O14/c1-27(2)11-8-6-4-3-5-7-9-12-29-22-43(70)57-33(23-39(52)66)46(73)59-32(21-28-14-16-30(64)17-15-28)45(72)61-35(25-41(54)68)47(74)58-31(18-19-38(51)65)50(77)63-20-10-13-37(63)49(76)62-36(26-42(55)69)48(75)60-34(24-40(53)67)44(71)56-29/h14-17,27,29,31-37,64H,3-13,18-26H2,1-2H3,(H2,51,65)(H2,52,66)(H2,53,67)(H2,54,68)(H2,55,69)(H,56,71)(H,57,70)(H,58,74)(H,59,73)(H,60,75)(H,61,72)(H,62,76). The van der Waals surface area contributed by atoms with E-state index in [1.54, 1.807) is 0 Å². The summed E-state index contributed by atoms with van der Waals surface area (Å²) >= 11 is 0. The summed E-state index contributed by atoms with van der Waals surface area (Å²) in [4.78, 5) is 175. The topological polar surface area (TPSA) is 460 Å². The average Bonchev–Trinajstić information content (AvgIpc) is 3.83. The maximum absolute atomic E-state index is 14.3. The van der Waals surface area contributed by atoms with Gasteiger partial charge in [0.25, 0.3) is 0 Å². The van der Waals surface area contributed by atoms with Gasteiger partial charge in [-0.2, -0.15) is 0 Å². The fraction of sp³-hybridized carbons (Fsp3) is 0.620. The maximum atomic E-state index is 14.3. The van der Waals surface area contributed by atoms with Crippen molar-refractivity contribution in [2.24, 2.45) is 34.6 Å². The first kappa shape index (κ1) is 63.4. The molecule has 13 amide bonds. The molecule has 0 spiro atoms. The molecule has 27 nitrogen and oxygen atoms in total. The number of carbonyl (C=O) groups excluding carboxylic acids is 13. The smallest absolute Gasteiger partial charge is 0.245 e. The average molecular weight is 1080 g/mol. The molecule has 0 aliphatic carbocycles. The highest BCUT2D eigenvalue weighted by atomic mass is 16.3. The van der Waals surface area contributed by atoms with Gasteiger partial charge in [-0.3, -0.25) is 62.3 Å². The van der Waals surface area contributed by atoms with Crippen LogP contribution < -0.4 is 65.9 Å². The number of nitrogens with zero attached hydrogens (tertiary/aromatic N) is 1. The van der Waals surface area contributed by atoms with Crippen molar-refractivity contribution in [2.75, 3.05) is 6.54 Å². The first-order valence-corrected chi connectivity index (χ1v) is 25.9. The molecule has 77 heavy (non-hydrogen) atoms. The highest BCUT2D eigenvalue weighted by Crippen LogP contribution is 2.21. The van der Waals surface area contributed by atoms with Crippen LogP contribution in [0, 0.1) is 5.92 Å². The van der Waals surface area contributed by atoms with Crippen LogP contribution in [0.4, 0.5) is 0 Å². The van der Waals surface area contributed by atoms with Crippen molar-refractivity contribution < 1.29 is 67.4 Å². The number of unbranched alkanes of at least 4 members (excludes halogenated alkanes) is 6. The minimum Gasteiger partial charge on any atom is -0.508 e. The van der Waals surface area contributed by atoms with E-state index >= 15 is 0 Å². The Morgan fingerprint density at radius 3 is 1.45 bits per heavy atom. The van der Waals surface area contributed by atoms with E-state index in [4.69, 9.17) is 28.7 Å². The molecule has 426 valence electrons. The van der Waals surface area contributed by atoms with E-state index in [0.29, 0.717) is 24.3 Å². The van der Waals surface area contributed by atoms with E-state index in [1.807, 2.05) is 0 Å². The van der Waals surface area contributed by atoms with Crippen molar-refractivity contribution >= 4 is 76.8 Å². The molecular formula is C50H77N13O14. The molecule has 2 heterocycles. The molecule has 0 aromatic heterocycles. The van der Waals surface area contributed by atoms with E-state index in [9.17, 15) is 67.4 Å². The summed E-state index contributed by atoms with van der Waals surface area (Å²) in [6.45, 7) is 4.20. The largest absolute Gasteiger partial charge is 0.508 e. The molecule has 2 aliphatic rings. The van der Waals surface area contributed by atoms with E-state index in [1.165, 1.54) is 24.3 Å². The van der Waals surface area contributed by atoms with Gasteiger partial charge in [-0.05, 0) is 49.3 Å². The minimum absolute atomic E-state index is 0.0201. The Bertz CT molecular complexity index is 2300. The second-order valence-electron chi connectivity index (χ2n) is 20.0. The first-order valence-electron chi connectivity index (χ1n) is 25.9. The van der Waals surface area contributed by atoms with Crippen LogP contribution in [0.15, 0.2) is 24.3 Å². The van der Waals surface area contributed by atoms with Gasteiger partial charge >= 0.3 is 0 Å². The van der Waals surface area contributed by atoms with Crippen molar-refractivity contribution in [1.29, 1.82) is 0 Å². The van der Waals surface area contributed by atoms with Gasteiger partial charge in [0.05, 0.1) is 25.7 Å². The van der Waals surface area contributed by atoms with Gasteiger partial charge in [0.2, 0.25) is 76.8 Å². The molecule has 1 aromatic carbocycles. The van der Waals surface area contributed by atoms with Crippen molar-refractivity contribution in [3.05, 3.63) is 29.8 Å². The zero-order valence-electron chi connectivity index (χ0n) is 43.7. The Kier molecular flexibility index (Phi) is 26.3. The lowest BCUT2D eigenvalue weighted by Gasteiger charge is -2.31. The highest BCUT2D eigenvalue weighted by molar-refractivity contribution is 6.00. The number of hydrogen-bond acceptors (Lipinski definition) is 14. The van der Waals surface area contributed by atoms with Crippen LogP contribution in [0.2, 0.25) is 0 Å². The summed E-state index contributed by atoms with van der Waals surface area (Å²) in [6.07, 6.45) is 2.21. The SMILES string of the molecule is CC(C)CCCCCCCCCC1CC(=O)NC(CC(N)=O)C(=O)NC(Cc2ccc(O)cc2)C(=O)NC(CC(N)=O)C(=O)NC(CCC(N)=O)C(=O)N2CCCC2C(=O)NC(CC(N)=O)C(=O)NC(CC(N)=O)C(=O)N1. The van der Waals surface area contributed by atoms with Gasteiger partial charge in [0.15, 0.2) is 0 Å². The molecule has 8 atom stereocenters. The normalized spacial score (nSPS) is 23.6. The molecule has 2 saturated heterocycles. The predicted molar refractivity (Wildman–Crippen MR) is 275 cm³/mol. The van der Waals surface area contributed by atoms with Crippen LogP contribution >= 0.6 is 0 Å². The van der Waals surface area contributed by atoms with E-state index in [-0.39, 0.29) is 38.0 Å². The van der Waals surface area contributed by atoms with Crippen molar-refractivity contribution in [1.82, 2.24) is 42.1 Å². The molecule has 3 rings (SSSR count). The second kappa shape index (κ2) is 31.9. The highest BCUT2D eigenvalue weighted by Gasteiger charge is 2.41. The number of amides is 13. The van der Waals surface area contributed by atoms with Gasteiger partial charge in [0, 0.05) is 31.8 Å². The van der Waals surface area contributed by atoms with Crippen molar-refractivity contribution in [3.63, 3.8) is 0 Å². The van der Waals surface area contributed by atoms with Crippen LogP contribution in [0.5, 0.6) is 5.75 Å². The van der Waals surface area contributed by atoms with Crippen LogP contribution in [-0.2, 0) is 68.7 Å². The van der Waals surface area contributed by atoms with E-state index in [2.05, 4.69) is 51.1 Å². The number of primary amides is 5. The Morgan fingerprint density at radius 1 is 0.532 bits per heavy atom. The number of phenolic OH excluding ortho intramolecular Hbond substituents is 1. The van der Waals surface area contributed by atoms with Crippen LogP contribution in [0.1, 0.15) is 135 Å². The number of nitrogens with two attached hydrogens (primary N) is 5. The second-order valence-corrected chi connectivity index (χ2v) is 20.0. The predicted octanol–water partition coefficient (Wildman–Crippen LogP) is -3.34. The maximum Gasteiger partial charge on any atom is 0.245 e. The molecule has 27 heteroatoms. The minimum atomic E-state index is -1.87. The lowest BCUT2D eigenvalue weighted by molar-refractivity contribution is -0.143. The summed E-state index contributed by atoms with van der Waals surface area (Å²) in [5, 5.41) is 26.9. The number of fused-ring (bicyclic) bond motifs is 1. The van der Waals surface area contributed by atoms with Gasteiger partial charge in [-0.15, -0.1) is 0 Å². The number of carbonyl (C=O) groups is 13. The fourth-order valence-electron chi connectivity index (χ4n) is 8.95. The van der Waals surface area contributed by atoms with Crippen molar-refractivity contribution in [3.8, 4) is 5.75 Å². The molecule has 2 aliphatic heterocycles. The third kappa shape index (κ3) is 23.3. The van der Waals surface area contributed by atoms with Crippen LogP contribution in [0.25, 0.3) is 0 Å². The summed E-state index contributed by atoms with van der Waals surface area (Å²) in [7, 11) is 0. The molecule has 18 N–H and O–H groups in total. The zero-order chi connectivity index (χ0) is 57.4. The van der Waals surface area contributed by atoms with Gasteiger partial charge in [0.1, 0.15) is 48.0 Å². The molecule has 2 fully saturated rings. The quantitative estimate of drug-likeness (QED) is 0.0477. The van der Waals surface area contributed by atoms with E-state index < -0.39 is 170 Å². The molecule has 1 aromatic rings. The third-order valence-electron chi connectivity index (χ3n) is 12.9. The lowest BCUT2D eigenvalue weighted by atomic mass is 10.0. The lowest BCUT2D eigenvalue weighted by Crippen LogP contribution is -2.60. The Morgan fingerprint density at radius 2 is 0.961 bits per heavy atom. The molecule has 0 radical (unpaired) electrons. The Balaban J connectivity index is 2.16. The molecule has 8 unspecified atom stereocenters. The van der Waals surface area contributed by atoms with Gasteiger partial charge < -0.3 is 75.9 Å². The Labute approximate surface area is 446 Å². The molecule has 0 bridgehead atoms. The summed E-state index contributed by atoms with van der Waals surface area (Å²) in [5.74, 6) is -13.3. The number of benzene rings is 1. The Hall–Kier alpha value is -7.87. The van der Waals surface area contributed by atoms with Crippen LogP contribution in [0.3, 0.4) is 0 Å². The van der Waals surface area contributed by atoms with Gasteiger partial charge in [-0.1, -0.05) is 77.3 Å². The fourth-order valence-corrected chi connectivity index (χ4v) is 8.95. The molecule has 0 saturated carbocycles. The number of aromatic hydroxyl groups is 1. The van der Waals surface area contributed by atoms with Gasteiger partial charge in [-0.25, -0.2) is 0 Å². The summed E-state index contributed by atoms with van der Waals surface area (Å²) < 4.78 is 0. The van der Waals surface area contributed by atoms with Crippen LogP contribution in [-0.4, -0.2) is 142 Å². The zero-order valence-corrected chi connectivity index (χ0v) is 43.7. The number of rotatable bonds is 23. The number of hydrogen-bond donors (Lipinski definition) is 13. The molecular weight excluding hydrogens is 1010 g/mol. The van der Waals surface area contributed by atoms with Crippen molar-refractivity contribution in [2.45, 2.75) is 184 Å². The summed E-state index contributed by atoms with van der Waals surface area (Å²) in [5.41, 5.74) is 27.7. The number of phenols is 1. The van der Waals surface area contributed by atoms with E-state index in [0.717, 1.165) is 43.4 Å². The number of nitrogens with one attached hydrogen (secondary N) is 7.